The Morgan fingerprint density at radius 3 is 2.65 bits per heavy atom. The van der Waals surface area contributed by atoms with E-state index in [9.17, 15) is 9.90 Å². The first-order chi connectivity index (χ1) is 9.70. The molecular formula is C16H20N2O2. The Bertz CT molecular complexity index is 535. The van der Waals surface area contributed by atoms with Gasteiger partial charge < -0.3 is 15.7 Å². The molecule has 2 saturated carbocycles. The SMILES string of the molecule is O=C(NC1CC2CC2C1)N[C@H]1c2ccccc2C[C@H]1O. The van der Waals surface area contributed by atoms with Crippen molar-refractivity contribution in [1.82, 2.24) is 10.6 Å². The van der Waals surface area contributed by atoms with Gasteiger partial charge in [0.2, 0.25) is 0 Å². The number of fused-ring (bicyclic) bond motifs is 2. The van der Waals surface area contributed by atoms with Crippen molar-refractivity contribution >= 4 is 6.03 Å². The molecule has 0 heterocycles. The highest BCUT2D eigenvalue weighted by Gasteiger charge is 2.46. The van der Waals surface area contributed by atoms with Crippen molar-refractivity contribution < 1.29 is 9.90 Å². The van der Waals surface area contributed by atoms with Crippen LogP contribution in [-0.4, -0.2) is 23.3 Å². The lowest BCUT2D eigenvalue weighted by molar-refractivity contribution is 0.141. The predicted octanol–water partition coefficient (Wildman–Crippen LogP) is 1.74. The highest BCUT2D eigenvalue weighted by atomic mass is 16.3. The van der Waals surface area contributed by atoms with E-state index in [0.29, 0.717) is 12.5 Å². The maximum Gasteiger partial charge on any atom is 0.315 e. The number of rotatable bonds is 2. The van der Waals surface area contributed by atoms with E-state index in [1.54, 1.807) is 0 Å². The van der Waals surface area contributed by atoms with Crippen molar-refractivity contribution in [3.63, 3.8) is 0 Å². The van der Waals surface area contributed by atoms with Crippen LogP contribution in [0.25, 0.3) is 0 Å². The molecular weight excluding hydrogens is 252 g/mol. The highest BCUT2D eigenvalue weighted by Crippen LogP contribution is 2.51. The molecule has 1 aromatic carbocycles. The molecule has 2 amide bonds. The number of carbonyl (C=O) groups is 1. The minimum atomic E-state index is -0.518. The van der Waals surface area contributed by atoms with E-state index in [0.717, 1.165) is 35.8 Å². The fourth-order valence-electron chi connectivity index (χ4n) is 3.95. The van der Waals surface area contributed by atoms with Gasteiger partial charge in [-0.3, -0.25) is 0 Å². The molecule has 4 atom stereocenters. The zero-order chi connectivity index (χ0) is 13.7. The topological polar surface area (TPSA) is 61.4 Å². The van der Waals surface area contributed by atoms with Crippen LogP contribution < -0.4 is 10.6 Å². The number of nitrogens with one attached hydrogen (secondary N) is 2. The summed E-state index contributed by atoms with van der Waals surface area (Å²) < 4.78 is 0. The summed E-state index contributed by atoms with van der Waals surface area (Å²) in [7, 11) is 0. The van der Waals surface area contributed by atoms with Gasteiger partial charge in [-0.25, -0.2) is 4.79 Å². The third-order valence-corrected chi connectivity index (χ3v) is 5.07. The summed E-state index contributed by atoms with van der Waals surface area (Å²) >= 11 is 0. The summed E-state index contributed by atoms with van der Waals surface area (Å²) in [5.74, 6) is 1.72. The molecule has 0 aromatic heterocycles. The monoisotopic (exact) mass is 272 g/mol. The van der Waals surface area contributed by atoms with Gasteiger partial charge in [-0.15, -0.1) is 0 Å². The standard InChI is InChI=1S/C16H20N2O2/c19-14-8-9-3-1-2-4-13(9)15(14)18-16(20)17-12-6-10-5-11(10)7-12/h1-4,10-12,14-15,19H,5-8H2,(H2,17,18,20)/t10?,11?,12?,14-,15+/m1/s1. The fraction of sp³-hybridized carbons (Fsp3) is 0.562. The van der Waals surface area contributed by atoms with Crippen LogP contribution in [0.3, 0.4) is 0 Å². The van der Waals surface area contributed by atoms with Gasteiger partial charge in [0.25, 0.3) is 0 Å². The summed E-state index contributed by atoms with van der Waals surface area (Å²) in [6, 6.07) is 7.84. The molecule has 3 aliphatic carbocycles. The van der Waals surface area contributed by atoms with Crippen molar-refractivity contribution in [2.24, 2.45) is 11.8 Å². The van der Waals surface area contributed by atoms with Crippen molar-refractivity contribution in [3.8, 4) is 0 Å². The van der Waals surface area contributed by atoms with Gasteiger partial charge in [-0.1, -0.05) is 24.3 Å². The van der Waals surface area contributed by atoms with Crippen LogP contribution in [0.4, 0.5) is 4.79 Å². The Morgan fingerprint density at radius 1 is 1.10 bits per heavy atom. The molecule has 0 saturated heterocycles. The number of amides is 2. The lowest BCUT2D eigenvalue weighted by Crippen LogP contribution is -2.44. The minimum Gasteiger partial charge on any atom is -0.390 e. The van der Waals surface area contributed by atoms with Crippen LogP contribution >= 0.6 is 0 Å². The first kappa shape index (κ1) is 12.2. The van der Waals surface area contributed by atoms with Crippen LogP contribution in [0.2, 0.25) is 0 Å². The summed E-state index contributed by atoms with van der Waals surface area (Å²) in [6.45, 7) is 0. The van der Waals surface area contributed by atoms with Crippen molar-refractivity contribution in [2.45, 2.75) is 43.9 Å². The number of aliphatic hydroxyl groups is 1. The van der Waals surface area contributed by atoms with E-state index in [4.69, 9.17) is 0 Å². The molecule has 3 aliphatic rings. The van der Waals surface area contributed by atoms with E-state index in [1.807, 2.05) is 24.3 Å². The molecule has 4 rings (SSSR count). The lowest BCUT2D eigenvalue weighted by Gasteiger charge is -2.21. The number of carbonyl (C=O) groups excluding carboxylic acids is 1. The first-order valence-electron chi connectivity index (χ1n) is 7.53. The Morgan fingerprint density at radius 2 is 1.85 bits per heavy atom. The normalized spacial score (nSPS) is 37.1. The Kier molecular flexibility index (Phi) is 2.74. The maximum atomic E-state index is 12.1. The molecule has 1 aromatic rings. The first-order valence-corrected chi connectivity index (χ1v) is 7.53. The molecule has 0 aliphatic heterocycles. The van der Waals surface area contributed by atoms with Crippen LogP contribution in [0.1, 0.15) is 36.4 Å². The molecule has 106 valence electrons. The number of urea groups is 1. The fourth-order valence-corrected chi connectivity index (χ4v) is 3.95. The molecule has 4 heteroatoms. The average molecular weight is 272 g/mol. The molecule has 4 nitrogen and oxygen atoms in total. The zero-order valence-electron chi connectivity index (χ0n) is 11.4. The molecule has 3 N–H and O–H groups in total. The van der Waals surface area contributed by atoms with Crippen molar-refractivity contribution in [1.29, 1.82) is 0 Å². The van der Waals surface area contributed by atoms with Gasteiger partial charge in [0.15, 0.2) is 0 Å². The van der Waals surface area contributed by atoms with Crippen LogP contribution in [0, 0.1) is 11.8 Å². The second-order valence-corrected chi connectivity index (χ2v) is 6.49. The predicted molar refractivity (Wildman–Crippen MR) is 75.2 cm³/mol. The van der Waals surface area contributed by atoms with Crippen LogP contribution in [-0.2, 0) is 6.42 Å². The van der Waals surface area contributed by atoms with Crippen LogP contribution in [0.15, 0.2) is 24.3 Å². The van der Waals surface area contributed by atoms with E-state index in [2.05, 4.69) is 10.6 Å². The van der Waals surface area contributed by atoms with Crippen molar-refractivity contribution in [3.05, 3.63) is 35.4 Å². The smallest absolute Gasteiger partial charge is 0.315 e. The van der Waals surface area contributed by atoms with E-state index >= 15 is 0 Å². The maximum absolute atomic E-state index is 12.1. The average Bonchev–Trinajstić information content (AvgIpc) is 2.90. The second-order valence-electron chi connectivity index (χ2n) is 6.49. The molecule has 0 radical (unpaired) electrons. The van der Waals surface area contributed by atoms with Gasteiger partial charge in [0, 0.05) is 12.5 Å². The van der Waals surface area contributed by atoms with Crippen molar-refractivity contribution in [2.75, 3.05) is 0 Å². The van der Waals surface area contributed by atoms with E-state index < -0.39 is 6.10 Å². The number of aliphatic hydroxyl groups excluding tert-OH is 1. The molecule has 20 heavy (non-hydrogen) atoms. The number of hydrogen-bond acceptors (Lipinski definition) is 2. The highest BCUT2D eigenvalue weighted by molar-refractivity contribution is 5.75. The zero-order valence-corrected chi connectivity index (χ0v) is 11.4. The number of hydrogen-bond donors (Lipinski definition) is 3. The minimum absolute atomic E-state index is 0.142. The third-order valence-electron chi connectivity index (χ3n) is 5.07. The number of benzene rings is 1. The van der Waals surface area contributed by atoms with Gasteiger partial charge in [-0.05, 0) is 42.2 Å². The van der Waals surface area contributed by atoms with E-state index in [1.165, 1.54) is 6.42 Å². The Labute approximate surface area is 118 Å². The summed E-state index contributed by atoms with van der Waals surface area (Å²) in [5, 5.41) is 16.1. The molecule has 0 spiro atoms. The largest absolute Gasteiger partial charge is 0.390 e. The summed E-state index contributed by atoms with van der Waals surface area (Å²) in [5.41, 5.74) is 2.18. The quantitative estimate of drug-likeness (QED) is 0.768. The van der Waals surface area contributed by atoms with Gasteiger partial charge >= 0.3 is 6.03 Å². The van der Waals surface area contributed by atoms with Crippen LogP contribution in [0.5, 0.6) is 0 Å². The molecule has 2 unspecified atom stereocenters. The van der Waals surface area contributed by atoms with E-state index in [-0.39, 0.29) is 12.1 Å². The third kappa shape index (κ3) is 2.08. The summed E-state index contributed by atoms with van der Waals surface area (Å²) in [4.78, 5) is 12.1. The lowest BCUT2D eigenvalue weighted by atomic mass is 10.1. The van der Waals surface area contributed by atoms with Gasteiger partial charge in [0.05, 0.1) is 12.1 Å². The Hall–Kier alpha value is -1.55. The molecule has 0 bridgehead atoms. The van der Waals surface area contributed by atoms with Gasteiger partial charge in [0.1, 0.15) is 0 Å². The second kappa shape index (κ2) is 4.48. The summed E-state index contributed by atoms with van der Waals surface area (Å²) in [6.07, 6.45) is 3.71. The van der Waals surface area contributed by atoms with Gasteiger partial charge in [-0.2, -0.15) is 0 Å². The Balaban J connectivity index is 1.39. The molecule has 2 fully saturated rings.